The van der Waals surface area contributed by atoms with Crippen molar-refractivity contribution in [3.05, 3.63) is 0 Å². The minimum Gasteiger partial charge on any atom is -0.341 e. The van der Waals surface area contributed by atoms with E-state index in [9.17, 15) is 9.59 Å². The molecule has 0 aromatic carbocycles. The summed E-state index contributed by atoms with van der Waals surface area (Å²) in [4.78, 5) is 25.2. The zero-order chi connectivity index (χ0) is 13.6. The predicted molar refractivity (Wildman–Crippen MR) is 68.8 cm³/mol. The zero-order valence-corrected chi connectivity index (χ0v) is 11.8. The van der Waals surface area contributed by atoms with Crippen molar-refractivity contribution in [1.82, 2.24) is 15.5 Å². The first-order valence-corrected chi connectivity index (χ1v) is 6.08. The monoisotopic (exact) mass is 243 g/mol. The van der Waals surface area contributed by atoms with Gasteiger partial charge in [0.05, 0.1) is 0 Å². The molecule has 0 aromatic heterocycles. The second kappa shape index (κ2) is 6.47. The van der Waals surface area contributed by atoms with Crippen LogP contribution >= 0.6 is 0 Å². The number of rotatable bonds is 4. The molecule has 0 heterocycles. The van der Waals surface area contributed by atoms with Gasteiger partial charge in [0, 0.05) is 18.6 Å². The van der Waals surface area contributed by atoms with Gasteiger partial charge in [0.15, 0.2) is 0 Å². The highest BCUT2D eigenvalue weighted by Crippen LogP contribution is 1.99. The first kappa shape index (κ1) is 15.7. The Morgan fingerprint density at radius 2 is 1.65 bits per heavy atom. The van der Waals surface area contributed by atoms with Gasteiger partial charge in [-0.3, -0.25) is 4.79 Å². The van der Waals surface area contributed by atoms with Gasteiger partial charge in [-0.15, -0.1) is 0 Å². The zero-order valence-electron chi connectivity index (χ0n) is 11.8. The lowest BCUT2D eigenvalue weighted by molar-refractivity contribution is -0.132. The molecule has 0 aliphatic rings. The summed E-state index contributed by atoms with van der Waals surface area (Å²) in [7, 11) is 0. The van der Waals surface area contributed by atoms with E-state index in [4.69, 9.17) is 0 Å². The smallest absolute Gasteiger partial charge is 0.315 e. The van der Waals surface area contributed by atoms with Crippen LogP contribution in [0, 0.1) is 0 Å². The van der Waals surface area contributed by atoms with Crippen LogP contribution in [-0.2, 0) is 4.79 Å². The van der Waals surface area contributed by atoms with E-state index in [0.717, 1.165) is 0 Å². The summed E-state index contributed by atoms with van der Waals surface area (Å²) in [5.41, 5.74) is -0.304. The Bertz CT molecular complexity index is 267. The third-order valence-corrected chi connectivity index (χ3v) is 2.28. The number of urea groups is 1. The summed E-state index contributed by atoms with van der Waals surface area (Å²) in [6.45, 7) is 12.5. The summed E-state index contributed by atoms with van der Waals surface area (Å²) in [5.74, 6) is -0.0564. The molecular formula is C12H25N3O2. The van der Waals surface area contributed by atoms with Crippen LogP contribution in [-0.4, -0.2) is 41.5 Å². The average molecular weight is 243 g/mol. The maximum Gasteiger partial charge on any atom is 0.315 e. The number of nitrogens with one attached hydrogen (secondary N) is 2. The van der Waals surface area contributed by atoms with E-state index in [1.807, 2.05) is 34.6 Å². The second-order valence-corrected chi connectivity index (χ2v) is 5.08. The Kier molecular flexibility index (Phi) is 5.99. The van der Waals surface area contributed by atoms with Crippen LogP contribution in [0.5, 0.6) is 0 Å². The van der Waals surface area contributed by atoms with Crippen molar-refractivity contribution < 1.29 is 9.59 Å². The third kappa shape index (κ3) is 6.14. The predicted octanol–water partition coefficient (Wildman–Crippen LogP) is 1.34. The van der Waals surface area contributed by atoms with Crippen molar-refractivity contribution in [2.24, 2.45) is 0 Å². The van der Waals surface area contributed by atoms with Gasteiger partial charge in [0.25, 0.3) is 0 Å². The summed E-state index contributed by atoms with van der Waals surface area (Å²) >= 11 is 0. The van der Waals surface area contributed by atoms with Crippen LogP contribution < -0.4 is 10.6 Å². The molecule has 5 nitrogen and oxygen atoms in total. The fraction of sp³-hybridized carbons (Fsp3) is 0.833. The van der Waals surface area contributed by atoms with Gasteiger partial charge < -0.3 is 15.5 Å². The second-order valence-electron chi connectivity index (χ2n) is 5.08. The van der Waals surface area contributed by atoms with Gasteiger partial charge in [-0.2, -0.15) is 0 Å². The SMILES string of the molecule is CCN(CC)C(=O)C(C)NC(=O)NC(C)(C)C. The van der Waals surface area contributed by atoms with E-state index in [1.165, 1.54) is 0 Å². The summed E-state index contributed by atoms with van der Waals surface area (Å²) < 4.78 is 0. The van der Waals surface area contributed by atoms with Crippen LogP contribution in [0.1, 0.15) is 41.5 Å². The molecule has 0 fully saturated rings. The van der Waals surface area contributed by atoms with Gasteiger partial charge in [-0.1, -0.05) is 0 Å². The molecule has 0 radical (unpaired) electrons. The number of hydrogen-bond donors (Lipinski definition) is 2. The summed E-state index contributed by atoms with van der Waals surface area (Å²) in [6.07, 6.45) is 0. The molecule has 0 rings (SSSR count). The van der Waals surface area contributed by atoms with Crippen molar-refractivity contribution in [3.8, 4) is 0 Å². The van der Waals surface area contributed by atoms with Crippen molar-refractivity contribution in [2.75, 3.05) is 13.1 Å². The Labute approximate surface area is 104 Å². The molecule has 1 unspecified atom stereocenters. The molecule has 0 aromatic rings. The lowest BCUT2D eigenvalue weighted by Crippen LogP contribution is -2.53. The highest BCUT2D eigenvalue weighted by molar-refractivity contribution is 5.86. The van der Waals surface area contributed by atoms with E-state index in [-0.39, 0.29) is 17.5 Å². The minimum atomic E-state index is -0.503. The van der Waals surface area contributed by atoms with Crippen molar-refractivity contribution >= 4 is 11.9 Å². The largest absolute Gasteiger partial charge is 0.341 e. The number of likely N-dealkylation sites (N-methyl/N-ethyl adjacent to an activating group) is 1. The van der Waals surface area contributed by atoms with Crippen molar-refractivity contribution in [2.45, 2.75) is 53.1 Å². The van der Waals surface area contributed by atoms with Gasteiger partial charge >= 0.3 is 6.03 Å². The summed E-state index contributed by atoms with van der Waals surface area (Å²) in [5, 5.41) is 5.40. The molecule has 1 atom stereocenters. The van der Waals surface area contributed by atoms with Crippen LogP contribution in [0.3, 0.4) is 0 Å². The van der Waals surface area contributed by atoms with Gasteiger partial charge in [0.1, 0.15) is 6.04 Å². The fourth-order valence-corrected chi connectivity index (χ4v) is 1.44. The first-order valence-electron chi connectivity index (χ1n) is 6.08. The number of hydrogen-bond acceptors (Lipinski definition) is 2. The van der Waals surface area contributed by atoms with Crippen molar-refractivity contribution in [1.29, 1.82) is 0 Å². The Hall–Kier alpha value is -1.26. The molecule has 17 heavy (non-hydrogen) atoms. The highest BCUT2D eigenvalue weighted by Gasteiger charge is 2.21. The molecule has 0 saturated carbocycles. The molecule has 3 amide bonds. The van der Waals surface area contributed by atoms with E-state index in [0.29, 0.717) is 13.1 Å². The number of carbonyl (C=O) groups is 2. The van der Waals surface area contributed by atoms with Gasteiger partial charge in [-0.05, 0) is 41.5 Å². The molecular weight excluding hydrogens is 218 g/mol. The average Bonchev–Trinajstić information content (AvgIpc) is 2.16. The van der Waals surface area contributed by atoms with Crippen LogP contribution in [0.2, 0.25) is 0 Å². The van der Waals surface area contributed by atoms with E-state index in [1.54, 1.807) is 11.8 Å². The molecule has 0 bridgehead atoms. The molecule has 0 spiro atoms. The highest BCUT2D eigenvalue weighted by atomic mass is 16.2. The first-order chi connectivity index (χ1) is 7.71. The van der Waals surface area contributed by atoms with Crippen LogP contribution in [0.4, 0.5) is 4.79 Å². The molecule has 0 aliphatic carbocycles. The fourth-order valence-electron chi connectivity index (χ4n) is 1.44. The molecule has 100 valence electrons. The van der Waals surface area contributed by atoms with Crippen LogP contribution in [0.25, 0.3) is 0 Å². The third-order valence-electron chi connectivity index (χ3n) is 2.28. The van der Waals surface area contributed by atoms with Crippen LogP contribution in [0.15, 0.2) is 0 Å². The lowest BCUT2D eigenvalue weighted by Gasteiger charge is -2.26. The van der Waals surface area contributed by atoms with Crippen molar-refractivity contribution in [3.63, 3.8) is 0 Å². The minimum absolute atomic E-state index is 0.0564. The number of carbonyl (C=O) groups excluding carboxylic acids is 2. The Morgan fingerprint density at radius 3 is 2.00 bits per heavy atom. The quantitative estimate of drug-likeness (QED) is 0.782. The maximum absolute atomic E-state index is 11.9. The normalized spacial score (nSPS) is 12.8. The van der Waals surface area contributed by atoms with E-state index in [2.05, 4.69) is 10.6 Å². The topological polar surface area (TPSA) is 61.4 Å². The Morgan fingerprint density at radius 1 is 1.18 bits per heavy atom. The summed E-state index contributed by atoms with van der Waals surface area (Å²) in [6, 6.07) is -0.817. The maximum atomic E-state index is 11.9. The standard InChI is InChI=1S/C12H25N3O2/c1-7-15(8-2)10(16)9(3)13-11(17)14-12(4,5)6/h9H,7-8H2,1-6H3,(H2,13,14,17). The van der Waals surface area contributed by atoms with E-state index < -0.39 is 6.04 Å². The Balaban J connectivity index is 4.30. The molecule has 0 saturated heterocycles. The van der Waals surface area contributed by atoms with Gasteiger partial charge in [0.2, 0.25) is 5.91 Å². The molecule has 2 N–H and O–H groups in total. The molecule has 0 aliphatic heterocycles. The lowest BCUT2D eigenvalue weighted by atomic mass is 10.1. The van der Waals surface area contributed by atoms with Gasteiger partial charge in [-0.25, -0.2) is 4.79 Å². The number of amides is 3. The number of nitrogens with zero attached hydrogens (tertiary/aromatic N) is 1. The van der Waals surface area contributed by atoms with E-state index >= 15 is 0 Å². The molecule has 5 heteroatoms.